The molecule has 1 aliphatic heterocycles. The van der Waals surface area contributed by atoms with Gasteiger partial charge < -0.3 is 4.84 Å². The molecule has 5 nitrogen and oxygen atoms in total. The summed E-state index contributed by atoms with van der Waals surface area (Å²) in [6, 6.07) is 17.7. The van der Waals surface area contributed by atoms with Gasteiger partial charge in [-0.15, -0.1) is 0 Å². The molecule has 2 aromatic heterocycles. The van der Waals surface area contributed by atoms with Gasteiger partial charge in [-0.05, 0) is 72.0 Å². The van der Waals surface area contributed by atoms with Crippen molar-refractivity contribution < 1.29 is 27.2 Å². The van der Waals surface area contributed by atoms with Crippen molar-refractivity contribution in [2.45, 2.75) is 44.9 Å². The summed E-state index contributed by atoms with van der Waals surface area (Å²) in [6.07, 6.45) is -1.68. The Morgan fingerprint density at radius 3 is 2.50 bits per heavy atom. The number of Topliss-reactive ketones (excluding diaryl/α,β-unsaturated/α-hetero) is 1. The average molecular weight is 548 g/mol. The molecule has 0 spiro atoms. The molecule has 5 rings (SSSR count). The number of aryl methyl sites for hydroxylation is 1. The molecular formula is C31H25F4N3O2. The minimum Gasteiger partial charge on any atom is -0.385 e. The molecule has 0 amide bonds. The predicted molar refractivity (Wildman–Crippen MR) is 142 cm³/mol. The van der Waals surface area contributed by atoms with Gasteiger partial charge in [0.25, 0.3) is 0 Å². The maximum Gasteiger partial charge on any atom is 0.433 e. The van der Waals surface area contributed by atoms with E-state index < -0.39 is 23.6 Å². The fraction of sp³-hybridized carbons (Fsp3) is 0.226. The van der Waals surface area contributed by atoms with Crippen molar-refractivity contribution in [3.8, 4) is 11.1 Å². The summed E-state index contributed by atoms with van der Waals surface area (Å²) in [6.45, 7) is 3.54. The second-order valence-corrected chi connectivity index (χ2v) is 9.88. The summed E-state index contributed by atoms with van der Waals surface area (Å²) in [5.41, 5.74) is 3.39. The highest BCUT2D eigenvalue weighted by Gasteiger charge is 2.32. The van der Waals surface area contributed by atoms with Gasteiger partial charge in [0, 0.05) is 41.9 Å². The minimum atomic E-state index is -4.54. The highest BCUT2D eigenvalue weighted by Crippen LogP contribution is 2.33. The molecule has 4 aromatic rings. The number of benzene rings is 2. The second-order valence-electron chi connectivity index (χ2n) is 9.88. The molecule has 0 radical (unpaired) electrons. The Kier molecular flexibility index (Phi) is 7.47. The largest absolute Gasteiger partial charge is 0.433 e. The fourth-order valence-electron chi connectivity index (χ4n) is 4.62. The van der Waals surface area contributed by atoms with Crippen LogP contribution < -0.4 is 0 Å². The zero-order chi connectivity index (χ0) is 28.4. The van der Waals surface area contributed by atoms with Crippen LogP contribution in [-0.4, -0.2) is 21.5 Å². The number of nitrogens with zero attached hydrogens (tertiary/aromatic N) is 3. The first kappa shape index (κ1) is 27.2. The van der Waals surface area contributed by atoms with Crippen molar-refractivity contribution >= 4 is 11.5 Å². The van der Waals surface area contributed by atoms with Crippen molar-refractivity contribution in [2.24, 2.45) is 5.16 Å². The summed E-state index contributed by atoms with van der Waals surface area (Å²) in [5, 5.41) is 4.24. The lowest BCUT2D eigenvalue weighted by Crippen LogP contribution is -2.10. The summed E-state index contributed by atoms with van der Waals surface area (Å²) in [7, 11) is 0. The first-order valence-electron chi connectivity index (χ1n) is 12.7. The predicted octanol–water partition coefficient (Wildman–Crippen LogP) is 7.85. The normalized spacial score (nSPS) is 15.8. The van der Waals surface area contributed by atoms with Crippen LogP contribution in [0.3, 0.4) is 0 Å². The Hall–Kier alpha value is -4.40. The van der Waals surface area contributed by atoms with E-state index >= 15 is 0 Å². The SMILES string of the molecule is Cc1ccc(-c2cc(C(=O)CC(C)c3ccc(C(F)(F)F)nc3)cc(C3=NOC(c4ccccn4)C3)c2)c(F)c1. The van der Waals surface area contributed by atoms with Crippen LogP contribution in [0.15, 0.2) is 84.3 Å². The Morgan fingerprint density at radius 2 is 1.82 bits per heavy atom. The molecule has 0 saturated heterocycles. The third-order valence-corrected chi connectivity index (χ3v) is 6.85. The van der Waals surface area contributed by atoms with E-state index in [1.807, 2.05) is 12.1 Å². The summed E-state index contributed by atoms with van der Waals surface area (Å²) in [4.78, 5) is 26.9. The number of hydrogen-bond donors (Lipinski definition) is 0. The van der Waals surface area contributed by atoms with E-state index in [-0.39, 0.29) is 18.3 Å². The monoisotopic (exact) mass is 547 g/mol. The standard InChI is InChI=1S/C31H25F4N3O2/c1-18-6-8-24(25(32)11-18)21-13-22(27-16-29(40-38-27)26-5-3-4-10-36-26)15-23(14-21)28(39)12-19(2)20-7-9-30(37-17-20)31(33,34)35/h3-11,13-15,17,19,29H,12,16H2,1-2H3. The van der Waals surface area contributed by atoms with Crippen LogP contribution in [0.5, 0.6) is 0 Å². The van der Waals surface area contributed by atoms with E-state index in [0.717, 1.165) is 23.5 Å². The number of pyridine rings is 2. The lowest BCUT2D eigenvalue weighted by atomic mass is 9.90. The lowest BCUT2D eigenvalue weighted by Gasteiger charge is -2.14. The molecule has 0 bridgehead atoms. The molecule has 0 aliphatic carbocycles. The van der Waals surface area contributed by atoms with E-state index in [1.54, 1.807) is 56.4 Å². The zero-order valence-electron chi connectivity index (χ0n) is 21.7. The molecule has 0 saturated carbocycles. The Morgan fingerprint density at radius 1 is 1.02 bits per heavy atom. The minimum absolute atomic E-state index is 0.0197. The van der Waals surface area contributed by atoms with Crippen LogP contribution in [0.4, 0.5) is 17.6 Å². The molecular weight excluding hydrogens is 522 g/mol. The van der Waals surface area contributed by atoms with Gasteiger partial charge in [-0.1, -0.05) is 36.3 Å². The van der Waals surface area contributed by atoms with Crippen LogP contribution in [0, 0.1) is 12.7 Å². The first-order valence-corrected chi connectivity index (χ1v) is 12.7. The van der Waals surface area contributed by atoms with Gasteiger partial charge in [-0.25, -0.2) is 4.39 Å². The quantitative estimate of drug-likeness (QED) is 0.175. The molecule has 0 fully saturated rings. The molecule has 204 valence electrons. The second kappa shape index (κ2) is 11.0. The van der Waals surface area contributed by atoms with Crippen LogP contribution in [0.1, 0.15) is 70.2 Å². The Balaban J connectivity index is 1.45. The van der Waals surface area contributed by atoms with Crippen LogP contribution >= 0.6 is 0 Å². The number of oxime groups is 1. The molecule has 2 atom stereocenters. The van der Waals surface area contributed by atoms with E-state index in [0.29, 0.717) is 39.9 Å². The van der Waals surface area contributed by atoms with E-state index in [1.165, 1.54) is 12.1 Å². The fourth-order valence-corrected chi connectivity index (χ4v) is 4.62. The average Bonchev–Trinajstić information content (AvgIpc) is 3.43. The zero-order valence-corrected chi connectivity index (χ0v) is 21.7. The third kappa shape index (κ3) is 5.93. The van der Waals surface area contributed by atoms with E-state index in [9.17, 15) is 22.4 Å². The highest BCUT2D eigenvalue weighted by molar-refractivity contribution is 6.06. The number of aromatic nitrogens is 2. The number of carbonyl (C=O) groups is 1. The van der Waals surface area contributed by atoms with Crippen LogP contribution in [0.25, 0.3) is 11.1 Å². The summed E-state index contributed by atoms with van der Waals surface area (Å²) in [5.74, 6) is -1.06. The van der Waals surface area contributed by atoms with Crippen molar-refractivity contribution in [1.82, 2.24) is 9.97 Å². The van der Waals surface area contributed by atoms with Gasteiger partial charge in [0.15, 0.2) is 11.9 Å². The van der Waals surface area contributed by atoms with Crippen LogP contribution in [0.2, 0.25) is 0 Å². The summed E-state index contributed by atoms with van der Waals surface area (Å²) >= 11 is 0. The molecule has 9 heteroatoms. The Bertz CT molecular complexity index is 1570. The van der Waals surface area contributed by atoms with Gasteiger partial charge in [0.2, 0.25) is 0 Å². The molecule has 1 aliphatic rings. The van der Waals surface area contributed by atoms with Gasteiger partial charge in [0.1, 0.15) is 11.5 Å². The molecule has 3 heterocycles. The third-order valence-electron chi connectivity index (χ3n) is 6.85. The summed E-state index contributed by atoms with van der Waals surface area (Å²) < 4.78 is 53.7. The number of ketones is 1. The number of rotatable bonds is 7. The van der Waals surface area contributed by atoms with E-state index in [4.69, 9.17) is 4.84 Å². The number of alkyl halides is 3. The van der Waals surface area contributed by atoms with Crippen molar-refractivity contribution in [1.29, 1.82) is 0 Å². The van der Waals surface area contributed by atoms with Crippen molar-refractivity contribution in [3.05, 3.63) is 119 Å². The number of hydrogen-bond acceptors (Lipinski definition) is 5. The van der Waals surface area contributed by atoms with E-state index in [2.05, 4.69) is 15.1 Å². The van der Waals surface area contributed by atoms with Gasteiger partial charge >= 0.3 is 6.18 Å². The van der Waals surface area contributed by atoms with Crippen molar-refractivity contribution in [2.75, 3.05) is 0 Å². The first-order chi connectivity index (χ1) is 19.1. The maximum atomic E-state index is 15.0. The van der Waals surface area contributed by atoms with Gasteiger partial charge in [-0.2, -0.15) is 13.2 Å². The van der Waals surface area contributed by atoms with Gasteiger partial charge in [0.05, 0.1) is 11.4 Å². The Labute approximate surface area is 228 Å². The smallest absolute Gasteiger partial charge is 0.385 e. The topological polar surface area (TPSA) is 64.4 Å². The van der Waals surface area contributed by atoms with Crippen LogP contribution in [-0.2, 0) is 11.0 Å². The number of carbonyl (C=O) groups excluding carboxylic acids is 1. The highest BCUT2D eigenvalue weighted by atomic mass is 19.4. The lowest BCUT2D eigenvalue weighted by molar-refractivity contribution is -0.141. The molecule has 0 N–H and O–H groups in total. The number of halogens is 4. The van der Waals surface area contributed by atoms with Crippen molar-refractivity contribution in [3.63, 3.8) is 0 Å². The maximum absolute atomic E-state index is 15.0. The molecule has 40 heavy (non-hydrogen) atoms. The molecule has 2 unspecified atom stereocenters. The molecule has 2 aromatic carbocycles. The van der Waals surface area contributed by atoms with Gasteiger partial charge in [-0.3, -0.25) is 14.8 Å².